The van der Waals surface area contributed by atoms with Gasteiger partial charge in [-0.3, -0.25) is 0 Å². The van der Waals surface area contributed by atoms with Crippen LogP contribution in [0.5, 0.6) is 0 Å². The van der Waals surface area contributed by atoms with Crippen LogP contribution >= 0.6 is 11.8 Å². The Balaban J connectivity index is 1.68. The minimum absolute atomic E-state index is 0.244. The standard InChI is InChI=1S/C20H20N2O3S/c1-13-6-7-14(2)16(9-13)11-24-20(23)18-5-4-8-21-19(18)26-12-17-10-15(3)25-22-17/h4-10H,11-12H2,1-3H3. The summed E-state index contributed by atoms with van der Waals surface area (Å²) in [5.41, 5.74) is 4.53. The van der Waals surface area contributed by atoms with E-state index in [1.54, 1.807) is 18.3 Å². The molecule has 0 saturated heterocycles. The van der Waals surface area contributed by atoms with E-state index in [9.17, 15) is 4.79 Å². The lowest BCUT2D eigenvalue weighted by molar-refractivity contribution is 0.0467. The molecule has 0 spiro atoms. The number of nitrogens with zero attached hydrogens (tertiary/aromatic N) is 2. The molecular formula is C20H20N2O3S. The number of hydrogen-bond acceptors (Lipinski definition) is 6. The van der Waals surface area contributed by atoms with Crippen LogP contribution in [0.4, 0.5) is 0 Å². The second-order valence-electron chi connectivity index (χ2n) is 6.08. The van der Waals surface area contributed by atoms with Crippen molar-refractivity contribution in [1.29, 1.82) is 0 Å². The zero-order valence-corrected chi connectivity index (χ0v) is 15.8. The maximum Gasteiger partial charge on any atom is 0.341 e. The number of rotatable bonds is 6. The summed E-state index contributed by atoms with van der Waals surface area (Å²) in [4.78, 5) is 16.9. The molecule has 0 bridgehead atoms. The summed E-state index contributed by atoms with van der Waals surface area (Å²) in [5, 5.41) is 4.58. The van der Waals surface area contributed by atoms with Gasteiger partial charge in [0, 0.05) is 18.0 Å². The first-order chi connectivity index (χ1) is 12.5. The topological polar surface area (TPSA) is 65.2 Å². The average molecular weight is 368 g/mol. The van der Waals surface area contributed by atoms with Gasteiger partial charge in [0.1, 0.15) is 17.4 Å². The molecular weight excluding hydrogens is 348 g/mol. The van der Waals surface area contributed by atoms with Crippen molar-refractivity contribution in [1.82, 2.24) is 10.1 Å². The van der Waals surface area contributed by atoms with Gasteiger partial charge >= 0.3 is 5.97 Å². The van der Waals surface area contributed by atoms with Gasteiger partial charge in [0.2, 0.25) is 0 Å². The summed E-state index contributed by atoms with van der Waals surface area (Å²) in [6.07, 6.45) is 1.66. The molecule has 134 valence electrons. The van der Waals surface area contributed by atoms with E-state index in [2.05, 4.69) is 10.1 Å². The fourth-order valence-corrected chi connectivity index (χ4v) is 3.33. The van der Waals surface area contributed by atoms with Gasteiger partial charge in [-0.25, -0.2) is 9.78 Å². The fraction of sp³-hybridized carbons (Fsp3) is 0.250. The Bertz CT molecular complexity index is 921. The highest BCUT2D eigenvalue weighted by molar-refractivity contribution is 7.98. The molecule has 0 radical (unpaired) electrons. The number of esters is 1. The predicted molar refractivity (Wildman–Crippen MR) is 100 cm³/mol. The normalized spacial score (nSPS) is 10.7. The molecule has 6 heteroatoms. The number of pyridine rings is 1. The van der Waals surface area contributed by atoms with Crippen LogP contribution in [-0.2, 0) is 17.1 Å². The molecule has 26 heavy (non-hydrogen) atoms. The quantitative estimate of drug-likeness (QED) is 0.466. The molecule has 1 aromatic carbocycles. The van der Waals surface area contributed by atoms with E-state index in [1.807, 2.05) is 45.0 Å². The molecule has 0 atom stereocenters. The monoisotopic (exact) mass is 368 g/mol. The largest absolute Gasteiger partial charge is 0.457 e. The third-order valence-electron chi connectivity index (χ3n) is 3.89. The first-order valence-electron chi connectivity index (χ1n) is 8.26. The smallest absolute Gasteiger partial charge is 0.341 e. The van der Waals surface area contributed by atoms with Crippen molar-refractivity contribution < 1.29 is 14.1 Å². The molecule has 3 rings (SSSR count). The summed E-state index contributed by atoms with van der Waals surface area (Å²) in [5.74, 6) is 0.957. The van der Waals surface area contributed by atoms with Crippen LogP contribution in [0.1, 0.15) is 38.5 Å². The lowest BCUT2D eigenvalue weighted by Crippen LogP contribution is -2.08. The van der Waals surface area contributed by atoms with Crippen molar-refractivity contribution in [2.75, 3.05) is 0 Å². The van der Waals surface area contributed by atoms with Crippen LogP contribution in [0.2, 0.25) is 0 Å². The Hall–Kier alpha value is -2.60. The van der Waals surface area contributed by atoms with Crippen LogP contribution in [-0.4, -0.2) is 16.1 Å². The molecule has 0 saturated carbocycles. The van der Waals surface area contributed by atoms with E-state index >= 15 is 0 Å². The SMILES string of the molecule is Cc1ccc(C)c(COC(=O)c2cccnc2SCc2cc(C)on2)c1. The number of carbonyl (C=O) groups is 1. The van der Waals surface area contributed by atoms with Gasteiger partial charge in [0.25, 0.3) is 0 Å². The van der Waals surface area contributed by atoms with E-state index in [4.69, 9.17) is 9.26 Å². The van der Waals surface area contributed by atoms with Gasteiger partial charge in [0.05, 0.1) is 11.3 Å². The third-order valence-corrected chi connectivity index (χ3v) is 4.93. The summed E-state index contributed by atoms with van der Waals surface area (Å²) in [6.45, 7) is 6.12. The Morgan fingerprint density at radius 1 is 1.19 bits per heavy atom. The van der Waals surface area contributed by atoms with Crippen LogP contribution in [0.15, 0.2) is 52.1 Å². The molecule has 0 N–H and O–H groups in total. The van der Waals surface area contributed by atoms with Crippen LogP contribution < -0.4 is 0 Å². The van der Waals surface area contributed by atoms with Crippen LogP contribution in [0, 0.1) is 20.8 Å². The van der Waals surface area contributed by atoms with E-state index < -0.39 is 0 Å². The zero-order valence-electron chi connectivity index (χ0n) is 15.0. The molecule has 0 aliphatic rings. The summed E-state index contributed by atoms with van der Waals surface area (Å²) in [6, 6.07) is 11.4. The Labute approximate surface area is 156 Å². The van der Waals surface area contributed by atoms with E-state index in [0.29, 0.717) is 16.3 Å². The van der Waals surface area contributed by atoms with E-state index in [1.165, 1.54) is 11.8 Å². The maximum atomic E-state index is 12.5. The van der Waals surface area contributed by atoms with Crippen LogP contribution in [0.25, 0.3) is 0 Å². The van der Waals surface area contributed by atoms with Crippen molar-refractivity contribution in [3.8, 4) is 0 Å². The van der Waals surface area contributed by atoms with Crippen molar-refractivity contribution in [2.24, 2.45) is 0 Å². The molecule has 0 unspecified atom stereocenters. The maximum absolute atomic E-state index is 12.5. The average Bonchev–Trinajstić information content (AvgIpc) is 3.06. The summed E-state index contributed by atoms with van der Waals surface area (Å²) in [7, 11) is 0. The summed E-state index contributed by atoms with van der Waals surface area (Å²) < 4.78 is 10.6. The van der Waals surface area contributed by atoms with Gasteiger partial charge in [-0.1, -0.05) is 40.7 Å². The zero-order chi connectivity index (χ0) is 18.5. The van der Waals surface area contributed by atoms with Crippen LogP contribution in [0.3, 0.4) is 0 Å². The highest BCUT2D eigenvalue weighted by atomic mass is 32.2. The second-order valence-corrected chi connectivity index (χ2v) is 7.04. The lowest BCUT2D eigenvalue weighted by Gasteiger charge is -2.10. The van der Waals surface area contributed by atoms with Gasteiger partial charge < -0.3 is 9.26 Å². The first-order valence-corrected chi connectivity index (χ1v) is 9.25. The number of hydrogen-bond donors (Lipinski definition) is 0. The number of benzene rings is 1. The molecule has 2 aromatic heterocycles. The van der Waals surface area contributed by atoms with Gasteiger partial charge in [-0.15, -0.1) is 0 Å². The van der Waals surface area contributed by atoms with Gasteiger partial charge in [-0.2, -0.15) is 0 Å². The highest BCUT2D eigenvalue weighted by Gasteiger charge is 2.15. The van der Waals surface area contributed by atoms with E-state index in [-0.39, 0.29) is 12.6 Å². The van der Waals surface area contributed by atoms with Gasteiger partial charge in [0.15, 0.2) is 0 Å². The van der Waals surface area contributed by atoms with E-state index in [0.717, 1.165) is 28.1 Å². The molecule has 0 amide bonds. The molecule has 2 heterocycles. The number of aromatic nitrogens is 2. The fourth-order valence-electron chi connectivity index (χ4n) is 2.47. The number of carbonyl (C=O) groups excluding carboxylic acids is 1. The Morgan fingerprint density at radius 3 is 2.81 bits per heavy atom. The van der Waals surface area contributed by atoms with Gasteiger partial charge in [-0.05, 0) is 44.0 Å². The summed E-state index contributed by atoms with van der Waals surface area (Å²) >= 11 is 1.43. The second kappa shape index (κ2) is 8.19. The Kier molecular flexibility index (Phi) is 5.73. The number of ether oxygens (including phenoxy) is 1. The first kappa shape index (κ1) is 18.2. The van der Waals surface area contributed by atoms with Crippen molar-refractivity contribution in [3.05, 3.63) is 76.3 Å². The minimum Gasteiger partial charge on any atom is -0.457 e. The number of thioether (sulfide) groups is 1. The molecule has 0 fully saturated rings. The lowest BCUT2D eigenvalue weighted by atomic mass is 10.1. The third kappa shape index (κ3) is 4.52. The minimum atomic E-state index is -0.377. The molecule has 3 aromatic rings. The number of aryl methyl sites for hydroxylation is 3. The molecule has 0 aliphatic carbocycles. The predicted octanol–water partition coefficient (Wildman–Crippen LogP) is 4.64. The van der Waals surface area contributed by atoms with Crippen molar-refractivity contribution >= 4 is 17.7 Å². The molecule has 0 aliphatic heterocycles. The van der Waals surface area contributed by atoms with Crippen molar-refractivity contribution in [3.63, 3.8) is 0 Å². The Morgan fingerprint density at radius 2 is 2.04 bits per heavy atom. The van der Waals surface area contributed by atoms with Crippen molar-refractivity contribution in [2.45, 2.75) is 38.2 Å². The molecule has 5 nitrogen and oxygen atoms in total. The highest BCUT2D eigenvalue weighted by Crippen LogP contribution is 2.25.